The maximum atomic E-state index is 5.91. The van der Waals surface area contributed by atoms with Gasteiger partial charge in [-0.05, 0) is 55.1 Å². The van der Waals surface area contributed by atoms with Gasteiger partial charge < -0.3 is 10.1 Å². The number of benzene rings is 2. The Bertz CT molecular complexity index is 587. The summed E-state index contributed by atoms with van der Waals surface area (Å²) in [4.78, 5) is 0. The number of rotatable bonds is 6. The highest BCUT2D eigenvalue weighted by molar-refractivity contribution is 5.37. The van der Waals surface area contributed by atoms with Crippen LogP contribution in [0, 0.1) is 0 Å². The first-order valence-electron chi connectivity index (χ1n) is 7.83. The predicted molar refractivity (Wildman–Crippen MR) is 86.8 cm³/mol. The van der Waals surface area contributed by atoms with E-state index in [1.807, 2.05) is 7.05 Å². The fraction of sp³-hybridized carbons (Fsp3) is 0.368. The molecule has 0 amide bonds. The molecule has 1 unspecified atom stereocenters. The third-order valence-electron chi connectivity index (χ3n) is 4.03. The molecule has 2 aromatic carbocycles. The highest BCUT2D eigenvalue weighted by Crippen LogP contribution is 2.30. The van der Waals surface area contributed by atoms with E-state index in [2.05, 4.69) is 60.8 Å². The third kappa shape index (κ3) is 3.45. The van der Waals surface area contributed by atoms with Gasteiger partial charge >= 0.3 is 0 Å². The van der Waals surface area contributed by atoms with E-state index in [9.17, 15) is 0 Å². The summed E-state index contributed by atoms with van der Waals surface area (Å²) < 4.78 is 5.91. The maximum absolute atomic E-state index is 5.91. The summed E-state index contributed by atoms with van der Waals surface area (Å²) in [5, 5.41) is 3.41. The summed E-state index contributed by atoms with van der Waals surface area (Å²) in [5.74, 6) is 0.987. The molecule has 0 aliphatic heterocycles. The zero-order chi connectivity index (χ0) is 14.7. The van der Waals surface area contributed by atoms with Gasteiger partial charge in [0, 0.05) is 0 Å². The first-order valence-corrected chi connectivity index (χ1v) is 7.83. The van der Waals surface area contributed by atoms with E-state index >= 15 is 0 Å². The smallest absolute Gasteiger partial charge is 0.120 e. The summed E-state index contributed by atoms with van der Waals surface area (Å²) in [5.41, 5.74) is 3.91. The van der Waals surface area contributed by atoms with Crippen molar-refractivity contribution in [1.82, 2.24) is 5.32 Å². The van der Waals surface area contributed by atoms with Crippen LogP contribution in [0.25, 0.3) is 0 Å². The second kappa shape index (κ2) is 6.31. The monoisotopic (exact) mass is 281 g/mol. The molecule has 2 nitrogen and oxygen atoms in total. The molecule has 0 radical (unpaired) electrons. The third-order valence-corrected chi connectivity index (χ3v) is 4.03. The van der Waals surface area contributed by atoms with Crippen molar-refractivity contribution in [1.29, 1.82) is 0 Å². The van der Waals surface area contributed by atoms with Crippen LogP contribution in [0.3, 0.4) is 0 Å². The average Bonchev–Trinajstić information content (AvgIpc) is 3.33. The average molecular weight is 281 g/mol. The summed E-state index contributed by atoms with van der Waals surface area (Å²) >= 11 is 0. The van der Waals surface area contributed by atoms with Crippen LogP contribution in [0.2, 0.25) is 0 Å². The SMILES string of the molecule is CCc1ccc(C(NC)c2cccc(OC3CC3)c2)cc1. The highest BCUT2D eigenvalue weighted by atomic mass is 16.5. The van der Waals surface area contributed by atoms with Crippen molar-refractivity contribution < 1.29 is 4.74 Å². The maximum Gasteiger partial charge on any atom is 0.120 e. The molecule has 1 fully saturated rings. The van der Waals surface area contributed by atoms with Gasteiger partial charge in [-0.1, -0.05) is 43.3 Å². The largest absolute Gasteiger partial charge is 0.490 e. The summed E-state index contributed by atoms with van der Waals surface area (Å²) in [6.45, 7) is 2.18. The minimum absolute atomic E-state index is 0.207. The Morgan fingerprint density at radius 3 is 2.48 bits per heavy atom. The molecule has 0 heterocycles. The molecule has 2 heteroatoms. The number of hydrogen-bond acceptors (Lipinski definition) is 2. The van der Waals surface area contributed by atoms with E-state index in [0.717, 1.165) is 12.2 Å². The molecule has 0 saturated heterocycles. The minimum Gasteiger partial charge on any atom is -0.490 e. The molecule has 0 aromatic heterocycles. The topological polar surface area (TPSA) is 21.3 Å². The van der Waals surface area contributed by atoms with E-state index in [1.54, 1.807) is 0 Å². The molecule has 0 bridgehead atoms. The van der Waals surface area contributed by atoms with Crippen molar-refractivity contribution in [3.8, 4) is 5.75 Å². The number of hydrogen-bond donors (Lipinski definition) is 1. The van der Waals surface area contributed by atoms with Crippen LogP contribution in [0.1, 0.15) is 42.5 Å². The molecule has 1 atom stereocenters. The van der Waals surface area contributed by atoms with Crippen LogP contribution in [0.4, 0.5) is 0 Å². The lowest BCUT2D eigenvalue weighted by Gasteiger charge is -2.18. The van der Waals surface area contributed by atoms with Crippen molar-refractivity contribution in [3.05, 3.63) is 65.2 Å². The molecule has 3 rings (SSSR count). The Morgan fingerprint density at radius 2 is 1.86 bits per heavy atom. The zero-order valence-corrected chi connectivity index (χ0v) is 12.8. The molecule has 1 aliphatic carbocycles. The molecular weight excluding hydrogens is 258 g/mol. The first-order chi connectivity index (χ1) is 10.3. The zero-order valence-electron chi connectivity index (χ0n) is 12.8. The normalized spacial score (nSPS) is 15.7. The van der Waals surface area contributed by atoms with Gasteiger partial charge in [0.2, 0.25) is 0 Å². The summed E-state index contributed by atoms with van der Waals surface area (Å²) in [7, 11) is 2.01. The number of nitrogens with one attached hydrogen (secondary N) is 1. The Morgan fingerprint density at radius 1 is 1.10 bits per heavy atom. The standard InChI is InChI=1S/C19H23NO/c1-3-14-7-9-15(10-8-14)19(20-2)16-5-4-6-18(13-16)21-17-11-12-17/h4-10,13,17,19-20H,3,11-12H2,1-2H3. The fourth-order valence-corrected chi connectivity index (χ4v) is 2.62. The summed E-state index contributed by atoms with van der Waals surface area (Å²) in [6.07, 6.45) is 3.91. The van der Waals surface area contributed by atoms with E-state index in [-0.39, 0.29) is 6.04 Å². The Kier molecular flexibility index (Phi) is 4.26. The van der Waals surface area contributed by atoms with Crippen LogP contribution in [-0.4, -0.2) is 13.2 Å². The van der Waals surface area contributed by atoms with Crippen LogP contribution < -0.4 is 10.1 Å². The lowest BCUT2D eigenvalue weighted by atomic mass is 9.97. The lowest BCUT2D eigenvalue weighted by molar-refractivity contribution is 0.302. The van der Waals surface area contributed by atoms with Crippen molar-refractivity contribution in [2.45, 2.75) is 38.3 Å². The molecule has 1 saturated carbocycles. The van der Waals surface area contributed by atoms with Crippen molar-refractivity contribution in [2.75, 3.05) is 7.05 Å². The quantitative estimate of drug-likeness (QED) is 0.860. The second-order valence-electron chi connectivity index (χ2n) is 5.71. The molecular formula is C19H23NO. The van der Waals surface area contributed by atoms with Gasteiger partial charge in [-0.15, -0.1) is 0 Å². The van der Waals surface area contributed by atoms with Gasteiger partial charge in [0.05, 0.1) is 12.1 Å². The van der Waals surface area contributed by atoms with Crippen molar-refractivity contribution >= 4 is 0 Å². The molecule has 1 N–H and O–H groups in total. The second-order valence-corrected chi connectivity index (χ2v) is 5.71. The van der Waals surface area contributed by atoms with Gasteiger partial charge in [-0.3, -0.25) is 0 Å². The molecule has 1 aliphatic rings. The van der Waals surface area contributed by atoms with E-state index < -0.39 is 0 Å². The highest BCUT2D eigenvalue weighted by Gasteiger charge is 2.23. The van der Waals surface area contributed by atoms with E-state index in [4.69, 9.17) is 4.74 Å². The number of ether oxygens (including phenoxy) is 1. The molecule has 21 heavy (non-hydrogen) atoms. The predicted octanol–water partition coefficient (Wildman–Crippen LogP) is 4.10. The van der Waals surface area contributed by atoms with Gasteiger partial charge in [0.25, 0.3) is 0 Å². The van der Waals surface area contributed by atoms with Crippen LogP contribution in [0.5, 0.6) is 5.75 Å². The van der Waals surface area contributed by atoms with E-state index in [1.165, 1.54) is 29.5 Å². The Balaban J connectivity index is 1.83. The van der Waals surface area contributed by atoms with Crippen LogP contribution >= 0.6 is 0 Å². The lowest BCUT2D eigenvalue weighted by Crippen LogP contribution is -2.17. The number of aryl methyl sites for hydroxylation is 1. The first kappa shape index (κ1) is 14.2. The van der Waals surface area contributed by atoms with Gasteiger partial charge in [-0.2, -0.15) is 0 Å². The van der Waals surface area contributed by atoms with Gasteiger partial charge in [0.1, 0.15) is 5.75 Å². The fourth-order valence-electron chi connectivity index (χ4n) is 2.62. The van der Waals surface area contributed by atoms with Gasteiger partial charge in [-0.25, -0.2) is 0 Å². The minimum atomic E-state index is 0.207. The van der Waals surface area contributed by atoms with Crippen LogP contribution in [0.15, 0.2) is 48.5 Å². The van der Waals surface area contributed by atoms with E-state index in [0.29, 0.717) is 6.10 Å². The Hall–Kier alpha value is -1.80. The van der Waals surface area contributed by atoms with Crippen molar-refractivity contribution in [3.63, 3.8) is 0 Å². The van der Waals surface area contributed by atoms with Crippen LogP contribution in [-0.2, 0) is 6.42 Å². The Labute approximate surface area is 127 Å². The molecule has 110 valence electrons. The molecule has 0 spiro atoms. The molecule has 2 aromatic rings. The van der Waals surface area contributed by atoms with Crippen molar-refractivity contribution in [2.24, 2.45) is 0 Å². The van der Waals surface area contributed by atoms with Gasteiger partial charge in [0.15, 0.2) is 0 Å². The summed E-state index contributed by atoms with van der Waals surface area (Å²) in [6, 6.07) is 17.5.